The molecule has 1 aromatic carbocycles. The molecule has 4 nitrogen and oxygen atoms in total. The van der Waals surface area contributed by atoms with Crippen molar-refractivity contribution in [3.05, 3.63) is 42.0 Å². The summed E-state index contributed by atoms with van der Waals surface area (Å²) in [5.41, 5.74) is 2.50. The number of nitrogens with one attached hydrogen (secondary N) is 2. The fourth-order valence-electron chi connectivity index (χ4n) is 1.53. The van der Waals surface area contributed by atoms with Gasteiger partial charge in [0.1, 0.15) is 5.75 Å². The molecule has 0 spiro atoms. The highest BCUT2D eigenvalue weighted by Gasteiger charge is 2.30. The summed E-state index contributed by atoms with van der Waals surface area (Å²) in [4.78, 5) is 7.05. The van der Waals surface area contributed by atoms with Crippen molar-refractivity contribution in [2.45, 2.75) is 19.8 Å². The van der Waals surface area contributed by atoms with Crippen LogP contribution in [0.5, 0.6) is 5.75 Å². The van der Waals surface area contributed by atoms with E-state index in [0.717, 1.165) is 11.4 Å². The number of anilines is 1. The van der Waals surface area contributed by atoms with Gasteiger partial charge in [-0.1, -0.05) is 0 Å². The Balaban J connectivity index is 1.94. The van der Waals surface area contributed by atoms with Crippen LogP contribution in [0.15, 0.2) is 30.6 Å². The average molecular weight is 271 g/mol. The zero-order valence-electron chi connectivity index (χ0n) is 10.1. The van der Waals surface area contributed by atoms with Gasteiger partial charge in [-0.25, -0.2) is 4.98 Å². The van der Waals surface area contributed by atoms with Crippen LogP contribution in [0.25, 0.3) is 0 Å². The molecular formula is C12H12F3N3O. The number of nitrogens with zero attached hydrogens (tertiary/aromatic N) is 1. The van der Waals surface area contributed by atoms with Gasteiger partial charge in [-0.2, -0.15) is 0 Å². The van der Waals surface area contributed by atoms with Gasteiger partial charge in [0.05, 0.1) is 18.6 Å². The third kappa shape index (κ3) is 3.90. The van der Waals surface area contributed by atoms with Crippen molar-refractivity contribution < 1.29 is 17.9 Å². The van der Waals surface area contributed by atoms with E-state index in [9.17, 15) is 13.2 Å². The lowest BCUT2D eigenvalue weighted by molar-refractivity contribution is -0.274. The Bertz CT molecular complexity index is 534. The van der Waals surface area contributed by atoms with Gasteiger partial charge in [0.25, 0.3) is 0 Å². The van der Waals surface area contributed by atoms with E-state index in [1.807, 2.05) is 6.92 Å². The van der Waals surface area contributed by atoms with Crippen molar-refractivity contribution in [2.24, 2.45) is 0 Å². The van der Waals surface area contributed by atoms with Crippen LogP contribution in [0.3, 0.4) is 0 Å². The normalized spacial score (nSPS) is 11.4. The van der Waals surface area contributed by atoms with E-state index in [0.29, 0.717) is 12.2 Å². The molecule has 0 saturated heterocycles. The third-order valence-corrected chi connectivity index (χ3v) is 2.48. The van der Waals surface area contributed by atoms with E-state index in [2.05, 4.69) is 20.0 Å². The molecule has 0 aliphatic rings. The number of H-pyrrole nitrogens is 1. The Morgan fingerprint density at radius 3 is 2.47 bits per heavy atom. The maximum atomic E-state index is 12.0. The van der Waals surface area contributed by atoms with Gasteiger partial charge in [0.2, 0.25) is 0 Å². The lowest BCUT2D eigenvalue weighted by Crippen LogP contribution is -2.17. The summed E-state index contributed by atoms with van der Waals surface area (Å²) in [6.45, 7) is 2.39. The molecule has 19 heavy (non-hydrogen) atoms. The molecule has 1 aromatic heterocycles. The Kier molecular flexibility index (Phi) is 3.64. The van der Waals surface area contributed by atoms with Crippen molar-refractivity contribution in [2.75, 3.05) is 5.32 Å². The molecule has 0 aliphatic heterocycles. The molecule has 0 aliphatic carbocycles. The van der Waals surface area contributed by atoms with E-state index in [1.165, 1.54) is 24.3 Å². The fraction of sp³-hybridized carbons (Fsp3) is 0.250. The molecule has 0 atom stereocenters. The number of hydrogen-bond acceptors (Lipinski definition) is 3. The second-order valence-corrected chi connectivity index (χ2v) is 3.90. The maximum absolute atomic E-state index is 12.0. The topological polar surface area (TPSA) is 49.9 Å². The van der Waals surface area contributed by atoms with Gasteiger partial charge >= 0.3 is 6.36 Å². The van der Waals surface area contributed by atoms with Crippen molar-refractivity contribution in [1.29, 1.82) is 0 Å². The van der Waals surface area contributed by atoms with Crippen LogP contribution in [0.1, 0.15) is 11.4 Å². The summed E-state index contributed by atoms with van der Waals surface area (Å²) >= 11 is 0. The molecule has 0 unspecified atom stereocenters. The number of imidazole rings is 1. The second kappa shape index (κ2) is 5.21. The van der Waals surface area contributed by atoms with E-state index in [1.54, 1.807) is 6.33 Å². The zero-order valence-corrected chi connectivity index (χ0v) is 10.1. The molecular weight excluding hydrogens is 259 g/mol. The average Bonchev–Trinajstić information content (AvgIpc) is 2.72. The SMILES string of the molecule is Cc1[nH]cnc1CNc1ccc(OC(F)(F)F)cc1. The number of hydrogen-bond donors (Lipinski definition) is 2. The van der Waals surface area contributed by atoms with Crippen LogP contribution in [-0.2, 0) is 6.54 Å². The van der Waals surface area contributed by atoms with Crippen molar-refractivity contribution in [3.63, 3.8) is 0 Å². The summed E-state index contributed by atoms with van der Waals surface area (Å²) in [7, 11) is 0. The highest BCUT2D eigenvalue weighted by molar-refractivity contribution is 5.46. The monoisotopic (exact) mass is 271 g/mol. The molecule has 0 saturated carbocycles. The first-order valence-corrected chi connectivity index (χ1v) is 5.52. The van der Waals surface area contributed by atoms with Crippen LogP contribution < -0.4 is 10.1 Å². The standard InChI is InChI=1S/C12H12F3N3O/c1-8-11(18-7-17-8)6-16-9-2-4-10(5-3-9)19-12(13,14)15/h2-5,7,16H,6H2,1H3,(H,17,18). The number of rotatable bonds is 4. The van der Waals surface area contributed by atoms with Gasteiger partial charge in [-0.15, -0.1) is 13.2 Å². The minimum Gasteiger partial charge on any atom is -0.406 e. The Morgan fingerprint density at radius 2 is 1.95 bits per heavy atom. The maximum Gasteiger partial charge on any atom is 0.573 e. The summed E-state index contributed by atoms with van der Waals surface area (Å²) in [5.74, 6) is -0.242. The number of halogens is 3. The minimum absolute atomic E-state index is 0.242. The number of aromatic nitrogens is 2. The highest BCUT2D eigenvalue weighted by Crippen LogP contribution is 2.24. The number of alkyl halides is 3. The number of aromatic amines is 1. The first-order chi connectivity index (χ1) is 8.94. The first-order valence-electron chi connectivity index (χ1n) is 5.52. The van der Waals surface area contributed by atoms with Crippen molar-refractivity contribution in [1.82, 2.24) is 9.97 Å². The van der Waals surface area contributed by atoms with Crippen LogP contribution in [0.4, 0.5) is 18.9 Å². The lowest BCUT2D eigenvalue weighted by atomic mass is 10.3. The van der Waals surface area contributed by atoms with E-state index < -0.39 is 6.36 Å². The van der Waals surface area contributed by atoms with Crippen LogP contribution in [0, 0.1) is 6.92 Å². The Labute approximate surface area is 107 Å². The van der Waals surface area contributed by atoms with Gasteiger partial charge in [0, 0.05) is 11.4 Å². The van der Waals surface area contributed by atoms with Gasteiger partial charge in [-0.05, 0) is 31.2 Å². The summed E-state index contributed by atoms with van der Waals surface area (Å²) in [6.07, 6.45) is -3.08. The molecule has 2 N–H and O–H groups in total. The molecule has 0 bridgehead atoms. The summed E-state index contributed by atoms with van der Waals surface area (Å²) < 4.78 is 39.7. The molecule has 2 aromatic rings. The summed E-state index contributed by atoms with van der Waals surface area (Å²) in [5, 5.41) is 3.06. The number of benzene rings is 1. The summed E-state index contributed by atoms with van der Waals surface area (Å²) in [6, 6.07) is 5.55. The Hall–Kier alpha value is -2.18. The Morgan fingerprint density at radius 1 is 1.26 bits per heavy atom. The van der Waals surface area contributed by atoms with Crippen molar-refractivity contribution >= 4 is 5.69 Å². The quantitative estimate of drug-likeness (QED) is 0.897. The fourth-order valence-corrected chi connectivity index (χ4v) is 1.53. The van der Waals surface area contributed by atoms with E-state index >= 15 is 0 Å². The van der Waals surface area contributed by atoms with Gasteiger partial charge < -0.3 is 15.0 Å². The number of ether oxygens (including phenoxy) is 1. The molecule has 0 radical (unpaired) electrons. The van der Waals surface area contributed by atoms with Crippen LogP contribution in [-0.4, -0.2) is 16.3 Å². The van der Waals surface area contributed by atoms with E-state index in [-0.39, 0.29) is 5.75 Å². The highest BCUT2D eigenvalue weighted by atomic mass is 19.4. The predicted octanol–water partition coefficient (Wildman–Crippen LogP) is 3.23. The molecule has 2 rings (SSSR count). The molecule has 7 heteroatoms. The molecule has 1 heterocycles. The lowest BCUT2D eigenvalue weighted by Gasteiger charge is -2.10. The predicted molar refractivity (Wildman–Crippen MR) is 63.8 cm³/mol. The third-order valence-electron chi connectivity index (χ3n) is 2.48. The van der Waals surface area contributed by atoms with Gasteiger partial charge in [0.15, 0.2) is 0 Å². The zero-order chi connectivity index (χ0) is 13.9. The molecule has 0 amide bonds. The largest absolute Gasteiger partial charge is 0.573 e. The van der Waals surface area contributed by atoms with E-state index in [4.69, 9.17) is 0 Å². The molecule has 0 fully saturated rings. The van der Waals surface area contributed by atoms with Crippen LogP contribution >= 0.6 is 0 Å². The number of aryl methyl sites for hydroxylation is 1. The smallest absolute Gasteiger partial charge is 0.406 e. The first kappa shape index (κ1) is 13.3. The van der Waals surface area contributed by atoms with Crippen LogP contribution in [0.2, 0.25) is 0 Å². The minimum atomic E-state index is -4.67. The molecule has 102 valence electrons. The second-order valence-electron chi connectivity index (χ2n) is 3.90. The van der Waals surface area contributed by atoms with Crippen molar-refractivity contribution in [3.8, 4) is 5.75 Å². The van der Waals surface area contributed by atoms with Gasteiger partial charge in [-0.3, -0.25) is 0 Å².